The molecular weight excluding hydrogens is 454 g/mol. The van der Waals surface area contributed by atoms with Crippen LogP contribution in [-0.2, 0) is 15.0 Å². The van der Waals surface area contributed by atoms with Gasteiger partial charge in [-0.25, -0.2) is 0 Å². The van der Waals surface area contributed by atoms with Crippen LogP contribution < -0.4 is 4.90 Å². The molecule has 0 spiro atoms. The number of ketones is 1. The predicted molar refractivity (Wildman–Crippen MR) is 135 cm³/mol. The molecule has 1 amide bonds. The van der Waals surface area contributed by atoms with Gasteiger partial charge in [0, 0.05) is 21.2 Å². The topological polar surface area (TPSA) is 57.6 Å². The maximum absolute atomic E-state index is 13.3. The van der Waals surface area contributed by atoms with E-state index in [0.717, 1.165) is 21.6 Å². The van der Waals surface area contributed by atoms with Crippen LogP contribution in [0.2, 0.25) is 5.02 Å². The highest BCUT2D eigenvalue weighted by Gasteiger charge is 2.47. The monoisotopic (exact) mass is 479 g/mol. The molecule has 2 aromatic carbocycles. The molecule has 1 N–H and O–H groups in total. The highest BCUT2D eigenvalue weighted by molar-refractivity contribution is 7.10. The van der Waals surface area contributed by atoms with Gasteiger partial charge in [-0.2, -0.15) is 0 Å². The zero-order valence-electron chi connectivity index (χ0n) is 19.3. The summed E-state index contributed by atoms with van der Waals surface area (Å²) in [5.74, 6) is -1.54. The molecule has 0 bridgehead atoms. The maximum atomic E-state index is 13.3. The number of aliphatic hydroxyl groups is 1. The van der Waals surface area contributed by atoms with E-state index in [9.17, 15) is 14.7 Å². The van der Waals surface area contributed by atoms with Crippen molar-refractivity contribution in [2.24, 2.45) is 0 Å². The largest absolute Gasteiger partial charge is 0.507 e. The van der Waals surface area contributed by atoms with Crippen molar-refractivity contribution in [1.29, 1.82) is 0 Å². The summed E-state index contributed by atoms with van der Waals surface area (Å²) in [6.07, 6.45) is 0. The molecule has 1 aromatic heterocycles. The number of carbonyl (C=O) groups is 2. The molecule has 1 aliphatic heterocycles. The van der Waals surface area contributed by atoms with Crippen LogP contribution >= 0.6 is 22.9 Å². The molecule has 6 heteroatoms. The van der Waals surface area contributed by atoms with Crippen LogP contribution in [-0.4, -0.2) is 16.8 Å². The van der Waals surface area contributed by atoms with Gasteiger partial charge in [-0.3, -0.25) is 14.5 Å². The number of rotatable bonds is 3. The standard InChI is InChI=1S/C27H26ClNO3S/c1-15-8-10-17(27(3,4)5)13-19(15)24(30)22-23(21-7-6-12-33-21)29(26(32)25(22)31)18-11-9-16(2)20(28)14-18/h6-14,23,30H,1-5H3/b24-22+. The highest BCUT2D eigenvalue weighted by Crippen LogP contribution is 2.44. The Morgan fingerprint density at radius 3 is 2.33 bits per heavy atom. The lowest BCUT2D eigenvalue weighted by Crippen LogP contribution is -2.29. The van der Waals surface area contributed by atoms with Gasteiger partial charge < -0.3 is 5.11 Å². The fraction of sp³-hybridized carbons (Fsp3) is 0.259. The van der Waals surface area contributed by atoms with Crippen LogP contribution in [0.25, 0.3) is 5.76 Å². The number of thiophene rings is 1. The van der Waals surface area contributed by atoms with Gasteiger partial charge in [-0.05, 0) is 65.6 Å². The van der Waals surface area contributed by atoms with Crippen molar-refractivity contribution in [2.75, 3.05) is 4.90 Å². The first-order valence-electron chi connectivity index (χ1n) is 10.7. The number of aliphatic hydroxyl groups excluding tert-OH is 1. The van der Waals surface area contributed by atoms with Gasteiger partial charge in [-0.1, -0.05) is 56.6 Å². The first kappa shape index (κ1) is 23.3. The number of anilines is 1. The van der Waals surface area contributed by atoms with Crippen molar-refractivity contribution in [3.8, 4) is 0 Å². The minimum Gasteiger partial charge on any atom is -0.507 e. The van der Waals surface area contributed by atoms with Gasteiger partial charge in [0.05, 0.1) is 5.57 Å². The summed E-state index contributed by atoms with van der Waals surface area (Å²) >= 11 is 7.78. The minimum absolute atomic E-state index is 0.0910. The molecule has 0 saturated carbocycles. The van der Waals surface area contributed by atoms with E-state index in [1.807, 2.05) is 55.6 Å². The molecule has 4 nitrogen and oxygen atoms in total. The Kier molecular flexibility index (Phi) is 5.97. The molecule has 0 radical (unpaired) electrons. The Morgan fingerprint density at radius 2 is 1.73 bits per heavy atom. The van der Waals surface area contributed by atoms with E-state index in [-0.39, 0.29) is 16.7 Å². The molecule has 170 valence electrons. The minimum atomic E-state index is -0.735. The number of nitrogens with zero attached hydrogens (tertiary/aromatic N) is 1. The number of aryl methyl sites for hydroxylation is 2. The van der Waals surface area contributed by atoms with E-state index in [1.54, 1.807) is 12.1 Å². The molecule has 1 aliphatic rings. The van der Waals surface area contributed by atoms with Crippen LogP contribution in [0.4, 0.5) is 5.69 Å². The molecule has 1 saturated heterocycles. The number of Topliss-reactive ketones (excluding diaryl/α,β-unsaturated/α-hetero) is 1. The number of halogens is 1. The third-order valence-corrected chi connectivity index (χ3v) is 7.38. The van der Waals surface area contributed by atoms with Gasteiger partial charge in [0.1, 0.15) is 11.8 Å². The zero-order valence-corrected chi connectivity index (χ0v) is 20.8. The molecular formula is C27H26ClNO3S. The van der Waals surface area contributed by atoms with Crippen molar-refractivity contribution in [2.45, 2.75) is 46.1 Å². The normalized spacial score (nSPS) is 18.2. The number of carbonyl (C=O) groups excluding carboxylic acids is 2. The third-order valence-electron chi connectivity index (χ3n) is 6.05. The summed E-state index contributed by atoms with van der Waals surface area (Å²) in [6.45, 7) is 10.0. The Balaban J connectivity index is 1.96. The van der Waals surface area contributed by atoms with E-state index in [2.05, 4.69) is 20.8 Å². The lowest BCUT2D eigenvalue weighted by molar-refractivity contribution is -0.132. The molecule has 4 rings (SSSR count). The number of hydrogen-bond donors (Lipinski definition) is 1. The van der Waals surface area contributed by atoms with Crippen molar-refractivity contribution < 1.29 is 14.7 Å². The van der Waals surface area contributed by atoms with Crippen LogP contribution in [0, 0.1) is 13.8 Å². The SMILES string of the molecule is Cc1ccc(N2C(=O)C(=O)/C(=C(/O)c3cc(C(C)(C)C)ccc3C)C2c2cccs2)cc1Cl. The Bertz CT molecular complexity index is 1290. The summed E-state index contributed by atoms with van der Waals surface area (Å²) in [7, 11) is 0. The second-order valence-electron chi connectivity index (χ2n) is 9.40. The highest BCUT2D eigenvalue weighted by atomic mass is 35.5. The molecule has 33 heavy (non-hydrogen) atoms. The van der Waals surface area contributed by atoms with Crippen LogP contribution in [0.15, 0.2) is 59.5 Å². The molecule has 1 unspecified atom stereocenters. The fourth-order valence-electron chi connectivity index (χ4n) is 4.04. The third kappa shape index (κ3) is 4.11. The maximum Gasteiger partial charge on any atom is 0.300 e. The number of hydrogen-bond acceptors (Lipinski definition) is 4. The molecule has 3 aromatic rings. The van der Waals surface area contributed by atoms with E-state index in [4.69, 9.17) is 11.6 Å². The van der Waals surface area contributed by atoms with E-state index >= 15 is 0 Å². The predicted octanol–water partition coefficient (Wildman–Crippen LogP) is 6.94. The van der Waals surface area contributed by atoms with Gasteiger partial charge in [-0.15, -0.1) is 11.3 Å². The second kappa shape index (κ2) is 8.47. The first-order chi connectivity index (χ1) is 15.5. The molecule has 1 fully saturated rings. The number of amides is 1. The molecule has 1 atom stereocenters. The van der Waals surface area contributed by atoms with E-state index < -0.39 is 17.7 Å². The second-order valence-corrected chi connectivity index (χ2v) is 10.8. The summed E-state index contributed by atoms with van der Waals surface area (Å²) in [5.41, 5.74) is 3.76. The smallest absolute Gasteiger partial charge is 0.300 e. The quantitative estimate of drug-likeness (QED) is 0.251. The van der Waals surface area contributed by atoms with Crippen molar-refractivity contribution in [3.63, 3.8) is 0 Å². The summed E-state index contributed by atoms with van der Waals surface area (Å²) in [6, 6.07) is 14.2. The van der Waals surface area contributed by atoms with Gasteiger partial charge in [0.2, 0.25) is 0 Å². The van der Waals surface area contributed by atoms with E-state index in [1.165, 1.54) is 16.2 Å². The Morgan fingerprint density at radius 1 is 1.03 bits per heavy atom. The number of benzene rings is 2. The molecule has 2 heterocycles. The summed E-state index contributed by atoms with van der Waals surface area (Å²) in [5, 5.41) is 13.9. The van der Waals surface area contributed by atoms with Crippen LogP contribution in [0.1, 0.15) is 53.9 Å². The van der Waals surface area contributed by atoms with Crippen molar-refractivity contribution in [3.05, 3.63) is 91.6 Å². The van der Waals surface area contributed by atoms with Crippen LogP contribution in [0.3, 0.4) is 0 Å². The Labute approximate surface area is 203 Å². The lowest BCUT2D eigenvalue weighted by atomic mass is 9.84. The van der Waals surface area contributed by atoms with Gasteiger partial charge in [0.15, 0.2) is 0 Å². The Hall–Kier alpha value is -2.89. The first-order valence-corrected chi connectivity index (χ1v) is 12.0. The average molecular weight is 480 g/mol. The summed E-state index contributed by atoms with van der Waals surface area (Å²) < 4.78 is 0. The average Bonchev–Trinajstić information content (AvgIpc) is 3.36. The summed E-state index contributed by atoms with van der Waals surface area (Å²) in [4.78, 5) is 28.8. The van der Waals surface area contributed by atoms with Gasteiger partial charge >= 0.3 is 0 Å². The fourth-order valence-corrected chi connectivity index (χ4v) is 5.03. The van der Waals surface area contributed by atoms with Crippen LogP contribution in [0.5, 0.6) is 0 Å². The van der Waals surface area contributed by atoms with Gasteiger partial charge in [0.25, 0.3) is 11.7 Å². The lowest BCUT2D eigenvalue weighted by Gasteiger charge is -2.25. The zero-order chi connectivity index (χ0) is 24.1. The van der Waals surface area contributed by atoms with Crippen molar-refractivity contribution >= 4 is 46.1 Å². The van der Waals surface area contributed by atoms with E-state index in [0.29, 0.717) is 16.3 Å². The van der Waals surface area contributed by atoms with Crippen molar-refractivity contribution in [1.82, 2.24) is 0 Å². The molecule has 0 aliphatic carbocycles.